The highest BCUT2D eigenvalue weighted by Gasteiger charge is 2.18. The molecule has 0 bridgehead atoms. The van der Waals surface area contributed by atoms with E-state index in [-0.39, 0.29) is 29.0 Å². The Morgan fingerprint density at radius 3 is 2.62 bits per heavy atom. The Balaban J connectivity index is 1.61. The van der Waals surface area contributed by atoms with Gasteiger partial charge in [-0.15, -0.1) is 5.10 Å². The van der Waals surface area contributed by atoms with E-state index in [4.69, 9.17) is 4.42 Å². The molecule has 1 aromatic carbocycles. The van der Waals surface area contributed by atoms with Crippen LogP contribution in [-0.2, 0) is 21.7 Å². The second kappa shape index (κ2) is 7.08. The Morgan fingerprint density at radius 2 is 1.96 bits per heavy atom. The Hall–Kier alpha value is -3.01. The predicted octanol–water partition coefficient (Wildman–Crippen LogP) is 1.58. The monoisotopic (exact) mass is 375 g/mol. The van der Waals surface area contributed by atoms with Gasteiger partial charge in [0.2, 0.25) is 5.91 Å². The Morgan fingerprint density at radius 1 is 1.23 bits per heavy atom. The summed E-state index contributed by atoms with van der Waals surface area (Å²) in [6.07, 6.45) is -0.225. The van der Waals surface area contributed by atoms with E-state index in [1.807, 2.05) is 6.92 Å². The van der Waals surface area contributed by atoms with Gasteiger partial charge in [-0.2, -0.15) is 5.10 Å². The van der Waals surface area contributed by atoms with Crippen molar-refractivity contribution in [2.45, 2.75) is 18.2 Å². The third-order valence-corrected chi connectivity index (χ3v) is 5.44. The number of hydrogen-bond acceptors (Lipinski definition) is 7. The lowest BCUT2D eigenvalue weighted by molar-refractivity contribution is -0.115. The average Bonchev–Trinajstić information content (AvgIpc) is 3.21. The van der Waals surface area contributed by atoms with Crippen molar-refractivity contribution in [2.75, 3.05) is 11.1 Å². The first kappa shape index (κ1) is 17.8. The number of benzene rings is 1. The molecular formula is C16H17N5O4S. The number of aryl methyl sites for hydroxylation is 2. The number of carbonyl (C=O) groups is 1. The van der Waals surface area contributed by atoms with Crippen LogP contribution in [0, 0.1) is 6.92 Å². The van der Waals surface area contributed by atoms with Crippen LogP contribution in [0.1, 0.15) is 12.1 Å². The first-order chi connectivity index (χ1) is 12.3. The lowest BCUT2D eigenvalue weighted by Crippen LogP contribution is -2.17. The zero-order valence-electron chi connectivity index (χ0n) is 14.2. The molecule has 10 heteroatoms. The number of amides is 1. The Labute approximate surface area is 150 Å². The molecule has 0 atom stereocenters. The maximum Gasteiger partial charge on any atom is 0.322 e. The lowest BCUT2D eigenvalue weighted by Gasteiger charge is -2.03. The van der Waals surface area contributed by atoms with Crippen molar-refractivity contribution < 1.29 is 17.6 Å². The molecule has 1 amide bonds. The minimum Gasteiger partial charge on any atom is -0.401 e. The molecule has 0 radical (unpaired) electrons. The van der Waals surface area contributed by atoms with Gasteiger partial charge >= 0.3 is 6.01 Å². The number of carbonyl (C=O) groups excluding carboxylic acids is 1. The van der Waals surface area contributed by atoms with Crippen LogP contribution in [0.4, 0.5) is 6.01 Å². The summed E-state index contributed by atoms with van der Waals surface area (Å²) < 4.78 is 31.3. The standard InChI is InChI=1S/C16H17N5O4S/c1-11-10-13(20-21(11)2)15-18-19-16(25-15)17-14(22)8-9-26(23,24)12-6-4-3-5-7-12/h3-7,10H,8-9H2,1-2H3,(H,17,19,22). The molecule has 0 spiro atoms. The van der Waals surface area contributed by atoms with Crippen LogP contribution in [0.25, 0.3) is 11.6 Å². The van der Waals surface area contributed by atoms with Crippen LogP contribution in [0.3, 0.4) is 0 Å². The minimum atomic E-state index is -3.53. The van der Waals surface area contributed by atoms with Crippen LogP contribution in [0.2, 0.25) is 0 Å². The van der Waals surface area contributed by atoms with Gasteiger partial charge in [-0.3, -0.25) is 14.8 Å². The van der Waals surface area contributed by atoms with Gasteiger partial charge in [0.1, 0.15) is 5.69 Å². The van der Waals surface area contributed by atoms with Crippen molar-refractivity contribution in [3.8, 4) is 11.6 Å². The third kappa shape index (κ3) is 3.97. The van der Waals surface area contributed by atoms with Crippen molar-refractivity contribution in [3.63, 3.8) is 0 Å². The van der Waals surface area contributed by atoms with Crippen LogP contribution in [-0.4, -0.2) is 40.1 Å². The van der Waals surface area contributed by atoms with Crippen molar-refractivity contribution in [1.29, 1.82) is 0 Å². The fraction of sp³-hybridized carbons (Fsp3) is 0.250. The summed E-state index contributed by atoms with van der Waals surface area (Å²) >= 11 is 0. The zero-order chi connectivity index (χ0) is 18.7. The molecule has 3 rings (SSSR count). The molecular weight excluding hydrogens is 358 g/mol. The maximum atomic E-state index is 12.2. The summed E-state index contributed by atoms with van der Waals surface area (Å²) in [5, 5.41) is 14.2. The first-order valence-electron chi connectivity index (χ1n) is 7.77. The van der Waals surface area contributed by atoms with Crippen molar-refractivity contribution in [1.82, 2.24) is 20.0 Å². The van der Waals surface area contributed by atoms with E-state index in [2.05, 4.69) is 20.6 Å². The highest BCUT2D eigenvalue weighted by atomic mass is 32.2. The van der Waals surface area contributed by atoms with Crippen molar-refractivity contribution in [3.05, 3.63) is 42.1 Å². The molecule has 0 saturated heterocycles. The molecule has 0 aliphatic rings. The predicted molar refractivity (Wildman–Crippen MR) is 93.0 cm³/mol. The number of nitrogens with one attached hydrogen (secondary N) is 1. The Kier molecular flexibility index (Phi) is 4.85. The average molecular weight is 375 g/mol. The highest BCUT2D eigenvalue weighted by molar-refractivity contribution is 7.91. The molecule has 0 aliphatic carbocycles. The second-order valence-electron chi connectivity index (χ2n) is 5.64. The molecule has 0 saturated carbocycles. The van der Waals surface area contributed by atoms with Gasteiger partial charge in [0.15, 0.2) is 9.84 Å². The molecule has 136 valence electrons. The minimum absolute atomic E-state index is 0.106. The van der Waals surface area contributed by atoms with Gasteiger partial charge in [-0.05, 0) is 25.1 Å². The lowest BCUT2D eigenvalue weighted by atomic mass is 10.4. The van der Waals surface area contributed by atoms with Gasteiger partial charge in [-0.1, -0.05) is 23.3 Å². The number of aromatic nitrogens is 4. The normalized spacial score (nSPS) is 11.5. The number of anilines is 1. The summed E-state index contributed by atoms with van der Waals surface area (Å²) in [5.41, 5.74) is 1.40. The van der Waals surface area contributed by atoms with E-state index in [0.717, 1.165) is 5.69 Å². The molecule has 9 nitrogen and oxygen atoms in total. The molecule has 0 aliphatic heterocycles. The van der Waals surface area contributed by atoms with E-state index < -0.39 is 15.7 Å². The number of hydrogen-bond donors (Lipinski definition) is 1. The van der Waals surface area contributed by atoms with Gasteiger partial charge < -0.3 is 4.42 Å². The van der Waals surface area contributed by atoms with E-state index in [9.17, 15) is 13.2 Å². The van der Waals surface area contributed by atoms with Gasteiger partial charge in [-0.25, -0.2) is 8.42 Å². The topological polar surface area (TPSA) is 120 Å². The van der Waals surface area contributed by atoms with Crippen molar-refractivity contribution in [2.24, 2.45) is 7.05 Å². The van der Waals surface area contributed by atoms with E-state index in [0.29, 0.717) is 5.69 Å². The Bertz CT molecular complexity index is 1000. The fourth-order valence-corrected chi connectivity index (χ4v) is 3.46. The van der Waals surface area contributed by atoms with Crippen LogP contribution in [0.15, 0.2) is 45.7 Å². The molecule has 2 aromatic heterocycles. The number of nitrogens with zero attached hydrogens (tertiary/aromatic N) is 4. The summed E-state index contributed by atoms with van der Waals surface area (Å²) in [7, 11) is -1.74. The second-order valence-corrected chi connectivity index (χ2v) is 7.75. The zero-order valence-corrected chi connectivity index (χ0v) is 15.0. The first-order valence-corrected chi connectivity index (χ1v) is 9.42. The highest BCUT2D eigenvalue weighted by Crippen LogP contribution is 2.19. The molecule has 0 unspecified atom stereocenters. The van der Waals surface area contributed by atoms with Crippen LogP contribution >= 0.6 is 0 Å². The number of rotatable bonds is 6. The SMILES string of the molecule is Cc1cc(-c2nnc(NC(=O)CCS(=O)(=O)c3ccccc3)o2)nn1C. The summed E-state index contributed by atoms with van der Waals surface area (Å²) in [4.78, 5) is 12.2. The molecule has 26 heavy (non-hydrogen) atoms. The summed E-state index contributed by atoms with van der Waals surface area (Å²) in [6.45, 7) is 1.88. The van der Waals surface area contributed by atoms with E-state index >= 15 is 0 Å². The van der Waals surface area contributed by atoms with Crippen molar-refractivity contribution >= 4 is 21.8 Å². The molecule has 2 heterocycles. The van der Waals surface area contributed by atoms with Gasteiger partial charge in [0.05, 0.1) is 10.6 Å². The third-order valence-electron chi connectivity index (χ3n) is 3.70. The quantitative estimate of drug-likeness (QED) is 0.694. The summed E-state index contributed by atoms with van der Waals surface area (Å²) in [5.74, 6) is -0.679. The van der Waals surface area contributed by atoms with Crippen LogP contribution in [0.5, 0.6) is 0 Å². The van der Waals surface area contributed by atoms with E-state index in [1.54, 1.807) is 36.0 Å². The molecule has 3 aromatic rings. The largest absolute Gasteiger partial charge is 0.401 e. The van der Waals surface area contributed by atoms with Gasteiger partial charge in [0, 0.05) is 19.2 Å². The summed E-state index contributed by atoms with van der Waals surface area (Å²) in [6, 6.07) is 9.63. The molecule has 0 fully saturated rings. The van der Waals surface area contributed by atoms with Crippen LogP contribution < -0.4 is 5.32 Å². The van der Waals surface area contributed by atoms with E-state index in [1.165, 1.54) is 12.1 Å². The fourth-order valence-electron chi connectivity index (χ4n) is 2.20. The maximum absolute atomic E-state index is 12.2. The molecule has 1 N–H and O–H groups in total. The van der Waals surface area contributed by atoms with Gasteiger partial charge in [0.25, 0.3) is 5.89 Å². The smallest absolute Gasteiger partial charge is 0.322 e. The number of sulfone groups is 1.